The molecular weight excluding hydrogens is 374 g/mol. The Bertz CT molecular complexity index is 762. The molecule has 0 saturated carbocycles. The van der Waals surface area contributed by atoms with Gasteiger partial charge in [-0.05, 0) is 37.3 Å². The molecule has 0 saturated heterocycles. The van der Waals surface area contributed by atoms with Gasteiger partial charge in [-0.25, -0.2) is 4.79 Å². The molecule has 4 heteroatoms. The standard InChI is InChI=1S/C26H33NO3/c1-4-5-6-7-8-15-20-23(24(28)30-3)27-25(29)26(2,21-16-11-9-12-17-21)22-18-13-10-14-19-22/h4,9-14,16-19,23H,1,5-8,15,20H2,2-3H3,(H,27,29)/t23-/m1/s1. The van der Waals surface area contributed by atoms with Crippen molar-refractivity contribution in [3.8, 4) is 0 Å². The molecule has 2 rings (SSSR count). The third-order valence-corrected chi connectivity index (χ3v) is 5.60. The smallest absolute Gasteiger partial charge is 0.328 e. The van der Waals surface area contributed by atoms with Gasteiger partial charge in [0.1, 0.15) is 6.04 Å². The predicted molar refractivity (Wildman–Crippen MR) is 121 cm³/mol. The van der Waals surface area contributed by atoms with Gasteiger partial charge in [-0.1, -0.05) is 86.0 Å². The van der Waals surface area contributed by atoms with E-state index in [-0.39, 0.29) is 5.91 Å². The zero-order valence-electron chi connectivity index (χ0n) is 18.1. The monoisotopic (exact) mass is 407 g/mol. The number of nitrogens with one attached hydrogen (secondary N) is 1. The van der Waals surface area contributed by atoms with Gasteiger partial charge >= 0.3 is 5.97 Å². The van der Waals surface area contributed by atoms with E-state index in [1.807, 2.05) is 73.7 Å². The summed E-state index contributed by atoms with van der Waals surface area (Å²) in [5, 5.41) is 2.98. The van der Waals surface area contributed by atoms with Crippen LogP contribution in [0.15, 0.2) is 73.3 Å². The average Bonchev–Trinajstić information content (AvgIpc) is 2.80. The van der Waals surface area contributed by atoms with Crippen LogP contribution in [0.3, 0.4) is 0 Å². The summed E-state index contributed by atoms with van der Waals surface area (Å²) in [6, 6.07) is 18.7. The van der Waals surface area contributed by atoms with E-state index in [2.05, 4.69) is 11.9 Å². The third-order valence-electron chi connectivity index (χ3n) is 5.60. The van der Waals surface area contributed by atoms with Crippen LogP contribution in [0.2, 0.25) is 0 Å². The number of hydrogen-bond acceptors (Lipinski definition) is 3. The molecule has 0 aromatic heterocycles. The van der Waals surface area contributed by atoms with E-state index in [0.717, 1.165) is 43.2 Å². The van der Waals surface area contributed by atoms with Gasteiger partial charge < -0.3 is 10.1 Å². The molecule has 0 spiro atoms. The summed E-state index contributed by atoms with van der Waals surface area (Å²) in [6.45, 7) is 5.64. The SMILES string of the molecule is C=CCCCCCC[C@@H](NC(=O)C(C)(c1ccccc1)c1ccccc1)C(=O)OC. The topological polar surface area (TPSA) is 55.4 Å². The van der Waals surface area contributed by atoms with E-state index >= 15 is 0 Å². The van der Waals surface area contributed by atoms with Gasteiger partial charge in [-0.15, -0.1) is 6.58 Å². The lowest BCUT2D eigenvalue weighted by molar-refractivity contribution is -0.145. The number of unbranched alkanes of at least 4 members (excludes halogenated alkanes) is 4. The molecule has 0 aliphatic carbocycles. The Hall–Kier alpha value is -2.88. The van der Waals surface area contributed by atoms with Crippen LogP contribution in [-0.2, 0) is 19.7 Å². The summed E-state index contributed by atoms with van der Waals surface area (Å²) in [4.78, 5) is 25.9. The van der Waals surface area contributed by atoms with Gasteiger partial charge in [0.2, 0.25) is 5.91 Å². The summed E-state index contributed by atoms with van der Waals surface area (Å²) in [6.07, 6.45) is 7.52. The van der Waals surface area contributed by atoms with Crippen molar-refractivity contribution >= 4 is 11.9 Å². The second kappa shape index (κ2) is 12.0. The first-order valence-electron chi connectivity index (χ1n) is 10.6. The lowest BCUT2D eigenvalue weighted by Gasteiger charge is -2.31. The maximum absolute atomic E-state index is 13.5. The lowest BCUT2D eigenvalue weighted by Crippen LogP contribution is -2.50. The van der Waals surface area contributed by atoms with E-state index in [1.54, 1.807) is 0 Å². The van der Waals surface area contributed by atoms with E-state index in [4.69, 9.17) is 4.74 Å². The Labute approximate surface area is 180 Å². The number of ether oxygens (including phenoxy) is 1. The van der Waals surface area contributed by atoms with Gasteiger partial charge in [-0.2, -0.15) is 0 Å². The fourth-order valence-electron chi connectivity index (χ4n) is 3.66. The second-order valence-corrected chi connectivity index (χ2v) is 7.69. The summed E-state index contributed by atoms with van der Waals surface area (Å²) in [7, 11) is 1.36. The fourth-order valence-corrected chi connectivity index (χ4v) is 3.66. The number of benzene rings is 2. The predicted octanol–water partition coefficient (Wildman–Crippen LogP) is 5.18. The van der Waals surface area contributed by atoms with Crippen molar-refractivity contribution in [2.24, 2.45) is 0 Å². The Morgan fingerprint density at radius 2 is 1.50 bits per heavy atom. The molecule has 160 valence electrons. The number of carbonyl (C=O) groups excluding carboxylic acids is 2. The zero-order chi connectivity index (χ0) is 21.8. The van der Waals surface area contributed by atoms with E-state index in [9.17, 15) is 9.59 Å². The van der Waals surface area contributed by atoms with E-state index in [0.29, 0.717) is 6.42 Å². The molecule has 0 heterocycles. The lowest BCUT2D eigenvalue weighted by atomic mass is 9.75. The van der Waals surface area contributed by atoms with Crippen LogP contribution in [0.4, 0.5) is 0 Å². The summed E-state index contributed by atoms with van der Waals surface area (Å²) in [5.41, 5.74) is 0.835. The summed E-state index contributed by atoms with van der Waals surface area (Å²) >= 11 is 0. The average molecular weight is 408 g/mol. The maximum atomic E-state index is 13.5. The molecule has 2 aromatic carbocycles. The summed E-state index contributed by atoms with van der Waals surface area (Å²) in [5.74, 6) is -0.611. The Morgan fingerprint density at radius 3 is 2.00 bits per heavy atom. The van der Waals surface area contributed by atoms with Crippen molar-refractivity contribution in [3.05, 3.63) is 84.4 Å². The molecule has 1 amide bonds. The molecule has 1 N–H and O–H groups in total. The normalized spacial score (nSPS) is 12.1. The highest BCUT2D eigenvalue weighted by Crippen LogP contribution is 2.32. The molecule has 1 atom stereocenters. The maximum Gasteiger partial charge on any atom is 0.328 e. The zero-order valence-corrected chi connectivity index (χ0v) is 18.1. The van der Waals surface area contributed by atoms with Gasteiger partial charge in [0.05, 0.1) is 12.5 Å². The first-order chi connectivity index (χ1) is 14.5. The number of amides is 1. The largest absolute Gasteiger partial charge is 0.467 e. The van der Waals surface area contributed by atoms with Gasteiger partial charge in [0.25, 0.3) is 0 Å². The molecule has 0 fully saturated rings. The van der Waals surface area contributed by atoms with Crippen LogP contribution >= 0.6 is 0 Å². The van der Waals surface area contributed by atoms with Gasteiger partial charge in [-0.3, -0.25) is 4.79 Å². The molecule has 30 heavy (non-hydrogen) atoms. The quantitative estimate of drug-likeness (QED) is 0.300. The van der Waals surface area contributed by atoms with Gasteiger partial charge in [0.15, 0.2) is 0 Å². The summed E-state index contributed by atoms with van der Waals surface area (Å²) < 4.78 is 4.97. The van der Waals surface area contributed by atoms with Gasteiger partial charge in [0, 0.05) is 0 Å². The van der Waals surface area contributed by atoms with E-state index < -0.39 is 17.4 Å². The van der Waals surface area contributed by atoms with Crippen molar-refractivity contribution < 1.29 is 14.3 Å². The third kappa shape index (κ3) is 6.06. The molecule has 2 aromatic rings. The van der Waals surface area contributed by atoms with Crippen molar-refractivity contribution in [1.82, 2.24) is 5.32 Å². The fraction of sp³-hybridized carbons (Fsp3) is 0.385. The van der Waals surface area contributed by atoms with Crippen molar-refractivity contribution in [1.29, 1.82) is 0 Å². The first-order valence-corrected chi connectivity index (χ1v) is 10.6. The first kappa shape index (κ1) is 23.4. The second-order valence-electron chi connectivity index (χ2n) is 7.69. The Morgan fingerprint density at radius 1 is 0.967 bits per heavy atom. The molecule has 0 radical (unpaired) electrons. The van der Waals surface area contributed by atoms with Crippen LogP contribution in [0.1, 0.15) is 56.6 Å². The Kier molecular flexibility index (Phi) is 9.33. The highest BCUT2D eigenvalue weighted by Gasteiger charge is 2.39. The number of carbonyl (C=O) groups is 2. The van der Waals surface area contributed by atoms with Crippen LogP contribution in [-0.4, -0.2) is 25.0 Å². The van der Waals surface area contributed by atoms with Crippen molar-refractivity contribution in [2.75, 3.05) is 7.11 Å². The molecule has 0 bridgehead atoms. The Balaban J connectivity index is 2.19. The number of allylic oxidation sites excluding steroid dienone is 1. The van der Waals surface area contributed by atoms with E-state index in [1.165, 1.54) is 7.11 Å². The van der Waals surface area contributed by atoms with Crippen molar-refractivity contribution in [2.45, 2.75) is 56.9 Å². The van der Waals surface area contributed by atoms with Crippen molar-refractivity contribution in [3.63, 3.8) is 0 Å². The van der Waals surface area contributed by atoms with Crippen LogP contribution in [0, 0.1) is 0 Å². The molecule has 0 aliphatic heterocycles. The van der Waals surface area contributed by atoms with Crippen LogP contribution in [0.25, 0.3) is 0 Å². The number of esters is 1. The minimum absolute atomic E-state index is 0.207. The minimum atomic E-state index is -0.918. The molecule has 0 aliphatic rings. The number of methoxy groups -OCH3 is 1. The highest BCUT2D eigenvalue weighted by molar-refractivity contribution is 5.94. The highest BCUT2D eigenvalue weighted by atomic mass is 16.5. The molecule has 0 unspecified atom stereocenters. The van der Waals surface area contributed by atoms with Crippen LogP contribution < -0.4 is 5.32 Å². The molecular formula is C26H33NO3. The van der Waals surface area contributed by atoms with Crippen LogP contribution in [0.5, 0.6) is 0 Å². The molecule has 4 nitrogen and oxygen atoms in total. The minimum Gasteiger partial charge on any atom is -0.467 e. The number of hydrogen-bond donors (Lipinski definition) is 1. The number of rotatable bonds is 12.